The number of nitrogens with one attached hydrogen (secondary N) is 1. The summed E-state index contributed by atoms with van der Waals surface area (Å²) in [6, 6.07) is 4.22. The van der Waals surface area contributed by atoms with Crippen molar-refractivity contribution in [1.82, 2.24) is 10.3 Å². The summed E-state index contributed by atoms with van der Waals surface area (Å²) >= 11 is 0. The molecule has 1 aromatic heterocycles. The van der Waals surface area contributed by atoms with Gasteiger partial charge in [0.05, 0.1) is 0 Å². The number of pyridine rings is 1. The highest BCUT2D eigenvalue weighted by atomic mass is 14.9. The van der Waals surface area contributed by atoms with E-state index in [0.29, 0.717) is 0 Å². The van der Waals surface area contributed by atoms with Crippen LogP contribution in [0.3, 0.4) is 0 Å². The van der Waals surface area contributed by atoms with Crippen LogP contribution in [0.25, 0.3) is 0 Å². The predicted molar refractivity (Wildman–Crippen MR) is 58.1 cm³/mol. The molecule has 0 bridgehead atoms. The molecule has 2 rings (SSSR count). The molecule has 0 amide bonds. The fraction of sp³-hybridized carbons (Fsp3) is 0.583. The summed E-state index contributed by atoms with van der Waals surface area (Å²) in [5.41, 5.74) is 1.55. The molecule has 0 unspecified atom stereocenters. The highest BCUT2D eigenvalue weighted by molar-refractivity contribution is 5.21. The minimum Gasteiger partial charge on any atom is -0.310 e. The van der Waals surface area contributed by atoms with Crippen molar-refractivity contribution < 1.29 is 0 Å². The van der Waals surface area contributed by atoms with Crippen LogP contribution in [0.5, 0.6) is 0 Å². The van der Waals surface area contributed by atoms with Crippen molar-refractivity contribution in [2.75, 3.05) is 7.05 Å². The molecular formula is C12H18N2. The van der Waals surface area contributed by atoms with Gasteiger partial charge in [-0.05, 0) is 31.5 Å². The van der Waals surface area contributed by atoms with Gasteiger partial charge in [-0.25, -0.2) is 0 Å². The van der Waals surface area contributed by atoms with Gasteiger partial charge in [0.1, 0.15) is 0 Å². The van der Waals surface area contributed by atoms with Gasteiger partial charge in [0.15, 0.2) is 0 Å². The molecule has 0 radical (unpaired) electrons. The van der Waals surface area contributed by atoms with Gasteiger partial charge in [-0.15, -0.1) is 0 Å². The molecular weight excluding hydrogens is 172 g/mol. The zero-order chi connectivity index (χ0) is 9.86. The van der Waals surface area contributed by atoms with Crippen LogP contribution >= 0.6 is 0 Å². The van der Waals surface area contributed by atoms with Gasteiger partial charge < -0.3 is 5.32 Å². The van der Waals surface area contributed by atoms with E-state index in [1.807, 2.05) is 18.5 Å². The molecule has 76 valence electrons. The van der Waals surface area contributed by atoms with E-state index in [4.69, 9.17) is 0 Å². The van der Waals surface area contributed by atoms with Gasteiger partial charge in [-0.3, -0.25) is 4.98 Å². The number of hydrogen-bond donors (Lipinski definition) is 1. The second-order valence-electron chi connectivity index (χ2n) is 4.13. The second-order valence-corrected chi connectivity index (χ2v) is 4.13. The first-order valence-corrected chi connectivity index (χ1v) is 5.47. The molecule has 0 spiro atoms. The van der Waals surface area contributed by atoms with Gasteiger partial charge in [-0.2, -0.15) is 0 Å². The lowest BCUT2D eigenvalue weighted by Gasteiger charge is -2.37. The van der Waals surface area contributed by atoms with Crippen LogP contribution in [-0.4, -0.2) is 12.0 Å². The van der Waals surface area contributed by atoms with Crippen LogP contribution in [0.2, 0.25) is 0 Å². The largest absolute Gasteiger partial charge is 0.310 e. The van der Waals surface area contributed by atoms with Crippen molar-refractivity contribution in [2.24, 2.45) is 0 Å². The Morgan fingerprint density at radius 3 is 2.64 bits per heavy atom. The summed E-state index contributed by atoms with van der Waals surface area (Å²) in [6.45, 7) is 0. The van der Waals surface area contributed by atoms with Gasteiger partial charge in [0, 0.05) is 17.9 Å². The molecule has 14 heavy (non-hydrogen) atoms. The molecule has 1 aromatic rings. The third-order valence-corrected chi connectivity index (χ3v) is 3.40. The Morgan fingerprint density at radius 2 is 2.07 bits per heavy atom. The van der Waals surface area contributed by atoms with E-state index in [-0.39, 0.29) is 5.54 Å². The van der Waals surface area contributed by atoms with E-state index in [0.717, 1.165) is 0 Å². The molecule has 1 heterocycles. The quantitative estimate of drug-likeness (QED) is 0.775. The van der Waals surface area contributed by atoms with Crippen molar-refractivity contribution in [3.05, 3.63) is 30.1 Å². The first-order valence-electron chi connectivity index (χ1n) is 5.47. The van der Waals surface area contributed by atoms with Crippen molar-refractivity contribution in [3.63, 3.8) is 0 Å². The van der Waals surface area contributed by atoms with Gasteiger partial charge in [0.2, 0.25) is 0 Å². The van der Waals surface area contributed by atoms with Crippen molar-refractivity contribution in [3.8, 4) is 0 Å². The van der Waals surface area contributed by atoms with Crippen LogP contribution in [0.4, 0.5) is 0 Å². The van der Waals surface area contributed by atoms with Crippen LogP contribution < -0.4 is 5.32 Å². The molecule has 0 saturated heterocycles. The lowest BCUT2D eigenvalue weighted by Crippen LogP contribution is -2.41. The summed E-state index contributed by atoms with van der Waals surface area (Å²) in [4.78, 5) is 4.21. The van der Waals surface area contributed by atoms with Crippen molar-refractivity contribution >= 4 is 0 Å². The molecule has 1 fully saturated rings. The van der Waals surface area contributed by atoms with Gasteiger partial charge in [0.25, 0.3) is 0 Å². The number of aromatic nitrogens is 1. The fourth-order valence-corrected chi connectivity index (χ4v) is 2.48. The smallest absolute Gasteiger partial charge is 0.0447 e. The average Bonchev–Trinajstić information content (AvgIpc) is 2.31. The Hall–Kier alpha value is -0.890. The fourth-order valence-electron chi connectivity index (χ4n) is 2.48. The van der Waals surface area contributed by atoms with Crippen LogP contribution in [-0.2, 0) is 5.54 Å². The molecule has 1 N–H and O–H groups in total. The average molecular weight is 190 g/mol. The first-order chi connectivity index (χ1) is 6.87. The minimum atomic E-state index is 0.201. The van der Waals surface area contributed by atoms with Gasteiger partial charge in [-0.1, -0.05) is 25.3 Å². The van der Waals surface area contributed by atoms with Crippen LogP contribution in [0.15, 0.2) is 24.5 Å². The van der Waals surface area contributed by atoms with E-state index in [1.54, 1.807) is 0 Å². The van der Waals surface area contributed by atoms with E-state index in [9.17, 15) is 0 Å². The zero-order valence-corrected chi connectivity index (χ0v) is 8.79. The van der Waals surface area contributed by atoms with Crippen LogP contribution in [0.1, 0.15) is 37.7 Å². The lowest BCUT2D eigenvalue weighted by atomic mass is 9.77. The number of nitrogens with zero attached hydrogens (tertiary/aromatic N) is 1. The third kappa shape index (κ3) is 1.67. The molecule has 2 nitrogen and oxygen atoms in total. The maximum absolute atomic E-state index is 4.21. The standard InChI is InChI=1S/C12H18N2/c1-13-12(7-3-2-4-8-12)11-6-5-9-14-10-11/h5-6,9-10,13H,2-4,7-8H2,1H3. The topological polar surface area (TPSA) is 24.9 Å². The van der Waals surface area contributed by atoms with Crippen molar-refractivity contribution in [2.45, 2.75) is 37.6 Å². The summed E-state index contributed by atoms with van der Waals surface area (Å²) in [6.07, 6.45) is 10.4. The Labute approximate surface area is 85.7 Å². The molecule has 1 saturated carbocycles. The Morgan fingerprint density at radius 1 is 1.29 bits per heavy atom. The summed E-state index contributed by atoms with van der Waals surface area (Å²) in [5.74, 6) is 0. The van der Waals surface area contributed by atoms with E-state index in [2.05, 4.69) is 23.4 Å². The molecule has 2 heteroatoms. The minimum absolute atomic E-state index is 0.201. The molecule has 0 aliphatic heterocycles. The summed E-state index contributed by atoms with van der Waals surface area (Å²) in [5, 5.41) is 3.49. The van der Waals surface area contributed by atoms with Crippen LogP contribution in [0, 0.1) is 0 Å². The molecule has 1 aliphatic rings. The lowest BCUT2D eigenvalue weighted by molar-refractivity contribution is 0.249. The van der Waals surface area contributed by atoms with E-state index in [1.165, 1.54) is 37.7 Å². The molecule has 0 atom stereocenters. The number of hydrogen-bond acceptors (Lipinski definition) is 2. The molecule has 0 aromatic carbocycles. The Bertz CT molecular complexity index is 276. The highest BCUT2D eigenvalue weighted by Gasteiger charge is 2.31. The number of rotatable bonds is 2. The summed E-state index contributed by atoms with van der Waals surface area (Å²) < 4.78 is 0. The zero-order valence-electron chi connectivity index (χ0n) is 8.79. The normalized spacial score (nSPS) is 20.6. The summed E-state index contributed by atoms with van der Waals surface area (Å²) in [7, 11) is 2.07. The highest BCUT2D eigenvalue weighted by Crippen LogP contribution is 2.36. The Kier molecular flexibility index (Phi) is 2.82. The Balaban J connectivity index is 2.27. The van der Waals surface area contributed by atoms with E-state index >= 15 is 0 Å². The predicted octanol–water partition coefficient (Wildman–Crippen LogP) is 2.46. The van der Waals surface area contributed by atoms with Crippen molar-refractivity contribution in [1.29, 1.82) is 0 Å². The molecule has 1 aliphatic carbocycles. The second kappa shape index (κ2) is 4.09. The maximum atomic E-state index is 4.21. The van der Waals surface area contributed by atoms with Gasteiger partial charge >= 0.3 is 0 Å². The first kappa shape index (κ1) is 9.66. The SMILES string of the molecule is CNC1(c2cccnc2)CCCCC1. The maximum Gasteiger partial charge on any atom is 0.0447 e. The third-order valence-electron chi connectivity index (χ3n) is 3.40. The van der Waals surface area contributed by atoms with E-state index < -0.39 is 0 Å². The monoisotopic (exact) mass is 190 g/mol.